The highest BCUT2D eigenvalue weighted by Gasteiger charge is 2.52. The van der Waals surface area contributed by atoms with Crippen LogP contribution in [0.5, 0.6) is 11.5 Å². The van der Waals surface area contributed by atoms with Crippen LogP contribution in [0.15, 0.2) is 48.5 Å². The summed E-state index contributed by atoms with van der Waals surface area (Å²) in [4.78, 5) is 42.8. The summed E-state index contributed by atoms with van der Waals surface area (Å²) in [5, 5.41) is 3.59. The van der Waals surface area contributed by atoms with Crippen LogP contribution >= 0.6 is 0 Å². The van der Waals surface area contributed by atoms with Gasteiger partial charge in [0, 0.05) is 32.7 Å². The molecule has 10 heteroatoms. The minimum atomic E-state index is -1.17. The Morgan fingerprint density at radius 3 is 2.46 bits per heavy atom. The van der Waals surface area contributed by atoms with E-state index in [1.165, 1.54) is 0 Å². The lowest BCUT2D eigenvalue weighted by Gasteiger charge is -2.34. The number of hydrazine groups is 1. The number of hydrogen-bond acceptors (Lipinski definition) is 7. The number of imide groups is 1. The molecule has 3 heterocycles. The van der Waals surface area contributed by atoms with Gasteiger partial charge in [-0.05, 0) is 29.7 Å². The van der Waals surface area contributed by atoms with Crippen LogP contribution in [0.1, 0.15) is 24.5 Å². The lowest BCUT2D eigenvalue weighted by Crippen LogP contribution is -2.53. The highest BCUT2D eigenvalue weighted by molar-refractivity contribution is 6.08. The van der Waals surface area contributed by atoms with Gasteiger partial charge in [-0.25, -0.2) is 4.79 Å². The molecule has 2 saturated heterocycles. The Kier molecular flexibility index (Phi) is 6.31. The summed E-state index contributed by atoms with van der Waals surface area (Å²) in [6.45, 7) is 6.02. The van der Waals surface area contributed by atoms with E-state index in [-0.39, 0.29) is 13.3 Å². The molecule has 3 aliphatic rings. The number of nitrogens with zero attached hydrogens (tertiary/aromatic N) is 3. The van der Waals surface area contributed by atoms with E-state index >= 15 is 0 Å². The summed E-state index contributed by atoms with van der Waals surface area (Å²) >= 11 is 0. The van der Waals surface area contributed by atoms with Crippen molar-refractivity contribution in [2.45, 2.75) is 25.4 Å². The molecule has 0 aromatic heterocycles. The third-order valence-corrected chi connectivity index (χ3v) is 6.80. The van der Waals surface area contributed by atoms with E-state index < -0.39 is 23.4 Å². The largest absolute Gasteiger partial charge is 0.454 e. The van der Waals surface area contributed by atoms with Crippen molar-refractivity contribution in [2.75, 3.05) is 39.5 Å². The maximum Gasteiger partial charge on any atom is 0.344 e. The molecule has 0 spiro atoms. The number of carbonyl (C=O) groups is 3. The Bertz CT molecular complexity index is 1120. The zero-order chi connectivity index (χ0) is 24.4. The second-order valence-corrected chi connectivity index (χ2v) is 8.97. The van der Waals surface area contributed by atoms with Crippen molar-refractivity contribution in [1.82, 2.24) is 25.6 Å². The van der Waals surface area contributed by atoms with Crippen LogP contribution in [0, 0.1) is 0 Å². The first-order chi connectivity index (χ1) is 17.0. The van der Waals surface area contributed by atoms with Gasteiger partial charge >= 0.3 is 6.03 Å². The molecule has 35 heavy (non-hydrogen) atoms. The van der Waals surface area contributed by atoms with Gasteiger partial charge in [0.25, 0.3) is 11.8 Å². The molecule has 2 aromatic carbocycles. The van der Waals surface area contributed by atoms with Gasteiger partial charge in [-0.15, -0.1) is 0 Å². The van der Waals surface area contributed by atoms with Crippen molar-refractivity contribution >= 4 is 17.8 Å². The number of nitrogens with one attached hydrogen (secondary N) is 2. The van der Waals surface area contributed by atoms with Crippen molar-refractivity contribution in [1.29, 1.82) is 0 Å². The average Bonchev–Trinajstić information content (AvgIpc) is 3.44. The van der Waals surface area contributed by atoms with Gasteiger partial charge in [-0.3, -0.25) is 24.8 Å². The van der Waals surface area contributed by atoms with Crippen molar-refractivity contribution in [3.63, 3.8) is 0 Å². The van der Waals surface area contributed by atoms with Gasteiger partial charge in [0.2, 0.25) is 6.79 Å². The van der Waals surface area contributed by atoms with Crippen molar-refractivity contribution in [3.8, 4) is 11.5 Å². The summed E-state index contributed by atoms with van der Waals surface area (Å²) in [5.74, 6) is 0.683. The number of benzene rings is 2. The molecule has 2 aromatic rings. The Morgan fingerprint density at radius 2 is 1.71 bits per heavy atom. The van der Waals surface area contributed by atoms with Gasteiger partial charge in [0.1, 0.15) is 5.54 Å². The third-order valence-electron chi connectivity index (χ3n) is 6.80. The average molecular weight is 480 g/mol. The summed E-state index contributed by atoms with van der Waals surface area (Å²) in [5.41, 5.74) is 3.18. The fraction of sp³-hybridized carbons (Fsp3) is 0.400. The zero-order valence-corrected chi connectivity index (χ0v) is 19.7. The van der Waals surface area contributed by atoms with Crippen LogP contribution in [0.25, 0.3) is 0 Å². The Labute approximate surface area is 203 Å². The van der Waals surface area contributed by atoms with Gasteiger partial charge in [-0.2, -0.15) is 5.01 Å². The SMILES string of the molecule is CCC1(c2ccccc2)NC(=O)N(NC(=O)CN2CCN(Cc3ccc4c(c3)OCO4)CC2)C1=O. The molecule has 184 valence electrons. The lowest BCUT2D eigenvalue weighted by molar-refractivity contribution is -0.140. The number of ether oxygens (including phenoxy) is 2. The first-order valence-corrected chi connectivity index (χ1v) is 11.8. The maximum atomic E-state index is 13.2. The topological polar surface area (TPSA) is 103 Å². The molecular formula is C25H29N5O5. The number of hydrogen-bond donors (Lipinski definition) is 2. The van der Waals surface area contributed by atoms with Crippen LogP contribution in [-0.2, 0) is 21.7 Å². The van der Waals surface area contributed by atoms with Crippen molar-refractivity contribution in [2.24, 2.45) is 0 Å². The molecule has 0 radical (unpaired) electrons. The number of carbonyl (C=O) groups excluding carboxylic acids is 3. The molecule has 0 saturated carbocycles. The van der Waals surface area contributed by atoms with E-state index in [0.29, 0.717) is 25.1 Å². The number of fused-ring (bicyclic) bond motifs is 1. The normalized spacial score (nSPS) is 22.4. The van der Waals surface area contributed by atoms with Crippen molar-refractivity contribution < 1.29 is 23.9 Å². The second-order valence-electron chi connectivity index (χ2n) is 8.97. The lowest BCUT2D eigenvalue weighted by atomic mass is 9.87. The molecule has 1 unspecified atom stereocenters. The predicted octanol–water partition coefficient (Wildman–Crippen LogP) is 1.42. The number of urea groups is 1. The quantitative estimate of drug-likeness (QED) is 0.579. The standard InChI is InChI=1S/C25H29N5O5/c1-2-25(19-6-4-3-5-7-19)23(32)30(24(33)26-25)27-22(31)16-29-12-10-28(11-13-29)15-18-8-9-20-21(14-18)35-17-34-20/h3-9,14H,2,10-13,15-17H2,1H3,(H,26,33)(H,27,31). The third kappa shape index (κ3) is 4.54. The van der Waals surface area contributed by atoms with Gasteiger partial charge in [-0.1, -0.05) is 43.3 Å². The number of piperazine rings is 1. The number of amides is 4. The van der Waals surface area contributed by atoms with E-state index in [9.17, 15) is 14.4 Å². The smallest absolute Gasteiger partial charge is 0.344 e. The summed E-state index contributed by atoms with van der Waals surface area (Å²) in [6, 6.07) is 14.4. The summed E-state index contributed by atoms with van der Waals surface area (Å²) < 4.78 is 10.8. The minimum Gasteiger partial charge on any atom is -0.454 e. The molecule has 10 nitrogen and oxygen atoms in total. The van der Waals surface area contributed by atoms with E-state index in [2.05, 4.69) is 15.6 Å². The van der Waals surface area contributed by atoms with Crippen LogP contribution in [0.3, 0.4) is 0 Å². The summed E-state index contributed by atoms with van der Waals surface area (Å²) in [6.07, 6.45) is 0.374. The van der Waals surface area contributed by atoms with E-state index in [4.69, 9.17) is 9.47 Å². The number of rotatable bonds is 7. The van der Waals surface area contributed by atoms with E-state index in [0.717, 1.165) is 41.7 Å². The molecule has 4 amide bonds. The van der Waals surface area contributed by atoms with E-state index in [1.807, 2.05) is 48.2 Å². The zero-order valence-electron chi connectivity index (χ0n) is 19.7. The molecular weight excluding hydrogens is 450 g/mol. The molecule has 2 N–H and O–H groups in total. The Morgan fingerprint density at radius 1 is 1.00 bits per heavy atom. The fourth-order valence-electron chi connectivity index (χ4n) is 4.80. The molecule has 0 aliphatic carbocycles. The van der Waals surface area contributed by atoms with Crippen LogP contribution in [0.4, 0.5) is 4.79 Å². The highest BCUT2D eigenvalue weighted by Crippen LogP contribution is 2.33. The molecule has 5 rings (SSSR count). The summed E-state index contributed by atoms with van der Waals surface area (Å²) in [7, 11) is 0. The predicted molar refractivity (Wildman–Crippen MR) is 126 cm³/mol. The molecule has 2 fully saturated rings. The van der Waals surface area contributed by atoms with Crippen LogP contribution in [-0.4, -0.2) is 72.2 Å². The Balaban J connectivity index is 1.13. The Hall–Kier alpha value is -3.63. The van der Waals surface area contributed by atoms with Crippen molar-refractivity contribution in [3.05, 3.63) is 59.7 Å². The molecule has 1 atom stereocenters. The van der Waals surface area contributed by atoms with Gasteiger partial charge in [0.15, 0.2) is 11.5 Å². The first kappa shape index (κ1) is 23.1. The highest BCUT2D eigenvalue weighted by atomic mass is 16.7. The molecule has 3 aliphatic heterocycles. The fourth-order valence-corrected chi connectivity index (χ4v) is 4.80. The van der Waals surface area contributed by atoms with Crippen LogP contribution in [0.2, 0.25) is 0 Å². The monoisotopic (exact) mass is 479 g/mol. The van der Waals surface area contributed by atoms with Gasteiger partial charge in [0.05, 0.1) is 6.54 Å². The first-order valence-electron chi connectivity index (χ1n) is 11.8. The maximum absolute atomic E-state index is 13.2. The van der Waals surface area contributed by atoms with Gasteiger partial charge < -0.3 is 14.8 Å². The second kappa shape index (κ2) is 9.55. The van der Waals surface area contributed by atoms with E-state index in [1.54, 1.807) is 12.1 Å². The molecule has 0 bridgehead atoms. The minimum absolute atomic E-state index is 0.111. The van der Waals surface area contributed by atoms with Crippen LogP contribution < -0.4 is 20.2 Å².